The van der Waals surface area contributed by atoms with E-state index in [1.807, 2.05) is 12.1 Å². The van der Waals surface area contributed by atoms with Crippen LogP contribution in [0.5, 0.6) is 0 Å². The van der Waals surface area contributed by atoms with Crippen LogP contribution in [0.4, 0.5) is 0 Å². The molecule has 2 unspecified atom stereocenters. The van der Waals surface area contributed by atoms with Crippen LogP contribution in [-0.4, -0.2) is 11.0 Å². The molecule has 1 saturated carbocycles. The lowest BCUT2D eigenvalue weighted by Crippen LogP contribution is -2.54. The van der Waals surface area contributed by atoms with Gasteiger partial charge < -0.3 is 15.5 Å². The third kappa shape index (κ3) is 2.74. The third-order valence-corrected chi connectivity index (χ3v) is 3.44. The lowest BCUT2D eigenvalue weighted by Gasteiger charge is -2.36. The Labute approximate surface area is 95.0 Å². The highest BCUT2D eigenvalue weighted by Gasteiger charge is 2.34. The van der Waals surface area contributed by atoms with Gasteiger partial charge in [-0.3, -0.25) is 0 Å². The Morgan fingerprint density at radius 3 is 3.13 bits per heavy atom. The maximum Gasteiger partial charge on any atom is 0.117 e. The lowest BCUT2D eigenvalue weighted by molar-refractivity contribution is 0.285. The molecule has 4 heteroatoms. The van der Waals surface area contributed by atoms with Gasteiger partial charge in [-0.1, -0.05) is 12.8 Å². The minimum absolute atomic E-state index is 0.179. The molecule has 0 aromatic carbocycles. The van der Waals surface area contributed by atoms with E-state index < -0.39 is 5.00 Å². The summed E-state index contributed by atoms with van der Waals surface area (Å²) >= 11 is 6.26. The second-order valence-electron chi connectivity index (χ2n) is 4.19. The van der Waals surface area contributed by atoms with Gasteiger partial charge in [-0.05, 0) is 25.0 Å². The van der Waals surface area contributed by atoms with Crippen molar-refractivity contribution in [2.75, 3.05) is 0 Å². The van der Waals surface area contributed by atoms with Gasteiger partial charge in [0.05, 0.1) is 12.8 Å². The van der Waals surface area contributed by atoms with Gasteiger partial charge in [0.15, 0.2) is 0 Å². The molecule has 3 nitrogen and oxygen atoms in total. The maximum atomic E-state index is 6.26. The van der Waals surface area contributed by atoms with Crippen molar-refractivity contribution in [1.29, 1.82) is 0 Å². The molecule has 0 bridgehead atoms. The molecule has 0 spiro atoms. The van der Waals surface area contributed by atoms with Crippen molar-refractivity contribution in [3.63, 3.8) is 0 Å². The molecule has 84 valence electrons. The predicted molar refractivity (Wildman–Crippen MR) is 60.6 cm³/mol. The third-order valence-electron chi connectivity index (χ3n) is 2.98. The molecule has 1 aromatic rings. The minimum atomic E-state index is -0.592. The number of alkyl halides is 1. The first-order valence-corrected chi connectivity index (χ1v) is 5.80. The second-order valence-corrected chi connectivity index (χ2v) is 4.89. The molecule has 3 N–H and O–H groups in total. The normalized spacial score (nSPS) is 31.7. The van der Waals surface area contributed by atoms with Crippen LogP contribution in [-0.2, 0) is 6.54 Å². The summed E-state index contributed by atoms with van der Waals surface area (Å²) in [6.07, 6.45) is 5.92. The predicted octanol–water partition coefficient (Wildman–Crippen LogP) is 2.21. The number of halogens is 1. The molecule has 1 fully saturated rings. The standard InChI is InChI=1S/C11H17ClN2O/c12-11(13)6-2-1-5-10(11)14-8-9-4-3-7-15-9/h3-4,7,10,14H,1-2,5-6,8,13H2. The molecule has 0 aliphatic heterocycles. The van der Waals surface area contributed by atoms with Crippen molar-refractivity contribution in [3.05, 3.63) is 24.2 Å². The fourth-order valence-corrected chi connectivity index (χ4v) is 2.39. The zero-order chi connectivity index (χ0) is 10.7. The van der Waals surface area contributed by atoms with Crippen LogP contribution in [0.3, 0.4) is 0 Å². The minimum Gasteiger partial charge on any atom is -0.468 e. The first kappa shape index (κ1) is 11.0. The van der Waals surface area contributed by atoms with E-state index in [2.05, 4.69) is 5.32 Å². The molecule has 0 radical (unpaired) electrons. The molecule has 1 aromatic heterocycles. The topological polar surface area (TPSA) is 51.2 Å². The largest absolute Gasteiger partial charge is 0.468 e. The SMILES string of the molecule is NC1(Cl)CCCCC1NCc1ccco1. The van der Waals surface area contributed by atoms with Gasteiger partial charge in [0.25, 0.3) is 0 Å². The highest BCUT2D eigenvalue weighted by molar-refractivity contribution is 6.24. The first-order chi connectivity index (χ1) is 7.18. The monoisotopic (exact) mass is 228 g/mol. The summed E-state index contributed by atoms with van der Waals surface area (Å²) in [5, 5.41) is 3.36. The Morgan fingerprint density at radius 1 is 1.60 bits per heavy atom. The molecule has 0 saturated heterocycles. The summed E-state index contributed by atoms with van der Waals surface area (Å²) in [6.45, 7) is 0.698. The zero-order valence-electron chi connectivity index (χ0n) is 8.71. The van der Waals surface area contributed by atoms with Crippen molar-refractivity contribution in [1.82, 2.24) is 5.32 Å². The van der Waals surface area contributed by atoms with Gasteiger partial charge in [-0.25, -0.2) is 0 Å². The van der Waals surface area contributed by atoms with E-state index >= 15 is 0 Å². The van der Waals surface area contributed by atoms with Crippen molar-refractivity contribution in [2.24, 2.45) is 5.73 Å². The number of rotatable bonds is 3. The Kier molecular flexibility index (Phi) is 3.34. The van der Waals surface area contributed by atoms with Crippen LogP contribution in [0.2, 0.25) is 0 Å². The van der Waals surface area contributed by atoms with Crippen LogP contribution in [0, 0.1) is 0 Å². The van der Waals surface area contributed by atoms with Crippen LogP contribution < -0.4 is 11.1 Å². The van der Waals surface area contributed by atoms with Crippen LogP contribution in [0.25, 0.3) is 0 Å². The Morgan fingerprint density at radius 2 is 2.47 bits per heavy atom. The van der Waals surface area contributed by atoms with Crippen LogP contribution in [0.15, 0.2) is 22.8 Å². The van der Waals surface area contributed by atoms with Gasteiger partial charge in [0, 0.05) is 6.04 Å². The maximum absolute atomic E-state index is 6.26. The highest BCUT2D eigenvalue weighted by atomic mass is 35.5. The molecule has 1 heterocycles. The molecule has 2 rings (SSSR count). The van der Waals surface area contributed by atoms with Gasteiger partial charge in [0.1, 0.15) is 10.8 Å². The van der Waals surface area contributed by atoms with Crippen LogP contribution in [0.1, 0.15) is 31.4 Å². The van der Waals surface area contributed by atoms with E-state index in [1.54, 1.807) is 6.26 Å². The molecule has 1 aliphatic rings. The highest BCUT2D eigenvalue weighted by Crippen LogP contribution is 2.29. The van der Waals surface area contributed by atoms with Crippen molar-refractivity contribution in [2.45, 2.75) is 43.3 Å². The summed E-state index contributed by atoms with van der Waals surface area (Å²) in [6, 6.07) is 4.01. The van der Waals surface area contributed by atoms with E-state index in [4.69, 9.17) is 21.8 Å². The summed E-state index contributed by atoms with van der Waals surface area (Å²) in [4.78, 5) is -0.592. The quantitative estimate of drug-likeness (QED) is 0.616. The lowest BCUT2D eigenvalue weighted by atomic mass is 9.90. The summed E-state index contributed by atoms with van der Waals surface area (Å²) in [5.74, 6) is 0.924. The van der Waals surface area contributed by atoms with E-state index in [0.29, 0.717) is 6.54 Å². The molecular formula is C11H17ClN2O. The van der Waals surface area contributed by atoms with Gasteiger partial charge in [-0.15, -0.1) is 11.6 Å². The Hall–Kier alpha value is -0.510. The molecule has 15 heavy (non-hydrogen) atoms. The Bertz CT molecular complexity index is 298. The van der Waals surface area contributed by atoms with E-state index in [1.165, 1.54) is 6.42 Å². The number of nitrogens with two attached hydrogens (primary N) is 1. The van der Waals surface area contributed by atoms with Crippen molar-refractivity contribution < 1.29 is 4.42 Å². The molecule has 1 aliphatic carbocycles. The van der Waals surface area contributed by atoms with Crippen molar-refractivity contribution >= 4 is 11.6 Å². The summed E-state index contributed by atoms with van der Waals surface area (Å²) in [7, 11) is 0. The smallest absolute Gasteiger partial charge is 0.117 e. The fourth-order valence-electron chi connectivity index (χ4n) is 2.07. The number of hydrogen-bond donors (Lipinski definition) is 2. The van der Waals surface area contributed by atoms with E-state index in [0.717, 1.165) is 25.0 Å². The fraction of sp³-hybridized carbons (Fsp3) is 0.636. The van der Waals surface area contributed by atoms with Crippen LogP contribution >= 0.6 is 11.6 Å². The number of nitrogens with one attached hydrogen (secondary N) is 1. The van der Waals surface area contributed by atoms with E-state index in [-0.39, 0.29) is 6.04 Å². The van der Waals surface area contributed by atoms with E-state index in [9.17, 15) is 0 Å². The first-order valence-electron chi connectivity index (χ1n) is 5.42. The van der Waals surface area contributed by atoms with Gasteiger partial charge in [-0.2, -0.15) is 0 Å². The average molecular weight is 229 g/mol. The van der Waals surface area contributed by atoms with Gasteiger partial charge >= 0.3 is 0 Å². The summed E-state index contributed by atoms with van der Waals surface area (Å²) < 4.78 is 5.25. The zero-order valence-corrected chi connectivity index (χ0v) is 9.46. The molecule has 2 atom stereocenters. The average Bonchev–Trinajstić information content (AvgIpc) is 2.68. The van der Waals surface area contributed by atoms with Gasteiger partial charge in [0.2, 0.25) is 0 Å². The Balaban J connectivity index is 1.88. The number of furan rings is 1. The molecular weight excluding hydrogens is 212 g/mol. The number of hydrogen-bond acceptors (Lipinski definition) is 3. The summed E-state index contributed by atoms with van der Waals surface area (Å²) in [5.41, 5.74) is 6.03. The second kappa shape index (κ2) is 4.56. The van der Waals surface area contributed by atoms with Crippen molar-refractivity contribution in [3.8, 4) is 0 Å². The molecule has 0 amide bonds.